The lowest BCUT2D eigenvalue weighted by atomic mass is 10.2. The van der Waals surface area contributed by atoms with E-state index in [9.17, 15) is 9.59 Å². The molecule has 8 heteroatoms. The summed E-state index contributed by atoms with van der Waals surface area (Å²) < 4.78 is 15.6. The van der Waals surface area contributed by atoms with E-state index in [0.29, 0.717) is 23.2 Å². The van der Waals surface area contributed by atoms with Crippen LogP contribution in [-0.2, 0) is 9.53 Å². The quantitative estimate of drug-likeness (QED) is 0.561. The van der Waals surface area contributed by atoms with E-state index < -0.39 is 5.97 Å². The minimum atomic E-state index is -0.513. The Morgan fingerprint density at radius 2 is 2.04 bits per heavy atom. The van der Waals surface area contributed by atoms with Crippen LogP contribution in [0.1, 0.15) is 29.9 Å². The molecule has 0 spiro atoms. The predicted octanol–water partition coefficient (Wildman–Crippen LogP) is 3.38. The lowest BCUT2D eigenvalue weighted by Crippen LogP contribution is -2.09. The second-order valence-corrected chi connectivity index (χ2v) is 5.78. The number of methoxy groups -OCH3 is 1. The van der Waals surface area contributed by atoms with Crippen LogP contribution < -0.4 is 14.8 Å². The highest BCUT2D eigenvalue weighted by Gasteiger charge is 2.12. The van der Waals surface area contributed by atoms with Gasteiger partial charge in [0.2, 0.25) is 5.91 Å². The van der Waals surface area contributed by atoms with Gasteiger partial charge in [0.25, 0.3) is 0 Å². The lowest BCUT2D eigenvalue weighted by Gasteiger charge is -2.09. The van der Waals surface area contributed by atoms with Crippen molar-refractivity contribution < 1.29 is 23.8 Å². The van der Waals surface area contributed by atoms with Crippen molar-refractivity contribution in [3.05, 3.63) is 40.9 Å². The van der Waals surface area contributed by atoms with Gasteiger partial charge in [-0.3, -0.25) is 10.1 Å². The molecule has 1 N–H and O–H groups in total. The molecular formula is C18H20N2O5S. The summed E-state index contributed by atoms with van der Waals surface area (Å²) in [5.74, 6) is 0.364. The summed E-state index contributed by atoms with van der Waals surface area (Å²) in [5.41, 5.74) is 0.958. The molecule has 2 aromatic rings. The van der Waals surface area contributed by atoms with Crippen molar-refractivity contribution in [1.29, 1.82) is 0 Å². The number of aromatic nitrogens is 1. The zero-order chi connectivity index (χ0) is 18.9. The Labute approximate surface area is 155 Å². The number of thiazole rings is 1. The van der Waals surface area contributed by atoms with Crippen LogP contribution in [0.3, 0.4) is 0 Å². The monoisotopic (exact) mass is 376 g/mol. The number of nitrogens with zero attached hydrogens (tertiary/aromatic N) is 1. The van der Waals surface area contributed by atoms with Crippen molar-refractivity contribution in [2.75, 3.05) is 25.6 Å². The maximum atomic E-state index is 12.0. The minimum Gasteiger partial charge on any atom is -0.493 e. The van der Waals surface area contributed by atoms with E-state index in [2.05, 4.69) is 10.3 Å². The van der Waals surface area contributed by atoms with E-state index in [0.717, 1.165) is 16.9 Å². The highest BCUT2D eigenvalue weighted by molar-refractivity contribution is 7.14. The third kappa shape index (κ3) is 5.32. The molecule has 0 bridgehead atoms. The van der Waals surface area contributed by atoms with Crippen LogP contribution in [0.5, 0.6) is 11.5 Å². The summed E-state index contributed by atoms with van der Waals surface area (Å²) in [5, 5.41) is 4.47. The zero-order valence-electron chi connectivity index (χ0n) is 14.8. The molecule has 1 aromatic carbocycles. The van der Waals surface area contributed by atoms with E-state index in [4.69, 9.17) is 14.2 Å². The van der Waals surface area contributed by atoms with Crippen molar-refractivity contribution in [2.24, 2.45) is 0 Å². The predicted molar refractivity (Wildman–Crippen MR) is 99.9 cm³/mol. The van der Waals surface area contributed by atoms with Crippen LogP contribution in [0.2, 0.25) is 0 Å². The number of anilines is 1. The fourth-order valence-electron chi connectivity index (χ4n) is 2.01. The van der Waals surface area contributed by atoms with Crippen LogP contribution in [0.4, 0.5) is 5.13 Å². The number of ether oxygens (including phenoxy) is 3. The normalized spacial score (nSPS) is 10.6. The summed E-state index contributed by atoms with van der Waals surface area (Å²) >= 11 is 1.15. The molecule has 0 fully saturated rings. The summed E-state index contributed by atoms with van der Waals surface area (Å²) in [6.45, 7) is 4.42. The first-order valence-electron chi connectivity index (χ1n) is 7.99. The van der Waals surface area contributed by atoms with Gasteiger partial charge in [-0.15, -0.1) is 11.3 Å². The standard InChI is InChI=1S/C18H20N2O5S/c1-4-24-14-8-6-12(10-15(14)23-3)7-9-16(21)20-18-19-13(11-26-18)17(22)25-5-2/h6-11H,4-5H2,1-3H3,(H,19,20,21)/b9-7+. The molecule has 2 rings (SSSR count). The highest BCUT2D eigenvalue weighted by Crippen LogP contribution is 2.28. The zero-order valence-corrected chi connectivity index (χ0v) is 15.6. The molecule has 26 heavy (non-hydrogen) atoms. The fourth-order valence-corrected chi connectivity index (χ4v) is 2.69. The van der Waals surface area contributed by atoms with Crippen LogP contribution in [0.15, 0.2) is 29.7 Å². The molecule has 0 aliphatic rings. The summed E-state index contributed by atoms with van der Waals surface area (Å²) in [6, 6.07) is 5.38. The van der Waals surface area contributed by atoms with Gasteiger partial charge in [-0.1, -0.05) is 6.07 Å². The average molecular weight is 376 g/mol. The fraction of sp³-hybridized carbons (Fsp3) is 0.278. The molecule has 0 aliphatic heterocycles. The third-order valence-electron chi connectivity index (χ3n) is 3.13. The number of rotatable bonds is 8. The first-order valence-corrected chi connectivity index (χ1v) is 8.87. The van der Waals surface area contributed by atoms with E-state index in [1.807, 2.05) is 13.0 Å². The van der Waals surface area contributed by atoms with Crippen molar-refractivity contribution >= 4 is 34.4 Å². The molecule has 0 saturated carbocycles. The number of hydrogen-bond donors (Lipinski definition) is 1. The molecule has 1 amide bonds. The second kappa shape index (κ2) is 9.57. The molecule has 138 valence electrons. The highest BCUT2D eigenvalue weighted by atomic mass is 32.1. The molecule has 0 aliphatic carbocycles. The van der Waals surface area contributed by atoms with Crippen LogP contribution in [0, 0.1) is 0 Å². The van der Waals surface area contributed by atoms with E-state index in [-0.39, 0.29) is 18.2 Å². The van der Waals surface area contributed by atoms with Gasteiger partial charge in [-0.2, -0.15) is 0 Å². The van der Waals surface area contributed by atoms with Gasteiger partial charge in [0.1, 0.15) is 0 Å². The van der Waals surface area contributed by atoms with Gasteiger partial charge in [0, 0.05) is 11.5 Å². The maximum absolute atomic E-state index is 12.0. The number of esters is 1. The lowest BCUT2D eigenvalue weighted by molar-refractivity contribution is -0.111. The Morgan fingerprint density at radius 3 is 2.73 bits per heavy atom. The van der Waals surface area contributed by atoms with Crippen molar-refractivity contribution in [3.8, 4) is 11.5 Å². The number of hydrogen-bond acceptors (Lipinski definition) is 7. The number of nitrogens with one attached hydrogen (secondary N) is 1. The molecule has 1 heterocycles. The number of carbonyl (C=O) groups is 2. The molecule has 1 aromatic heterocycles. The van der Waals surface area contributed by atoms with Crippen molar-refractivity contribution in [2.45, 2.75) is 13.8 Å². The third-order valence-corrected chi connectivity index (χ3v) is 3.89. The number of carbonyl (C=O) groups excluding carboxylic acids is 2. The topological polar surface area (TPSA) is 86.8 Å². The average Bonchev–Trinajstić information content (AvgIpc) is 3.10. The second-order valence-electron chi connectivity index (χ2n) is 4.92. The SMILES string of the molecule is CCOC(=O)c1csc(NC(=O)/C=C/c2ccc(OCC)c(OC)c2)n1. The smallest absolute Gasteiger partial charge is 0.357 e. The van der Waals surface area contributed by atoms with Gasteiger partial charge >= 0.3 is 5.97 Å². The van der Waals surface area contributed by atoms with E-state index in [1.165, 1.54) is 11.5 Å². The first kappa shape index (κ1) is 19.5. The Bertz CT molecular complexity index is 801. The van der Waals surface area contributed by atoms with E-state index in [1.54, 1.807) is 32.2 Å². The Kier molecular flexibility index (Phi) is 7.16. The summed E-state index contributed by atoms with van der Waals surface area (Å²) in [7, 11) is 1.56. The van der Waals surface area contributed by atoms with Gasteiger partial charge < -0.3 is 14.2 Å². The molecule has 0 radical (unpaired) electrons. The van der Waals surface area contributed by atoms with Crippen LogP contribution >= 0.6 is 11.3 Å². The van der Waals surface area contributed by atoms with Gasteiger partial charge in [-0.25, -0.2) is 9.78 Å². The Balaban J connectivity index is 2.00. The number of benzene rings is 1. The first-order chi connectivity index (χ1) is 12.6. The minimum absolute atomic E-state index is 0.173. The largest absolute Gasteiger partial charge is 0.493 e. The van der Waals surface area contributed by atoms with Crippen molar-refractivity contribution in [1.82, 2.24) is 4.98 Å². The molecule has 7 nitrogen and oxygen atoms in total. The van der Waals surface area contributed by atoms with Crippen LogP contribution in [-0.4, -0.2) is 37.2 Å². The maximum Gasteiger partial charge on any atom is 0.357 e. The van der Waals surface area contributed by atoms with Gasteiger partial charge in [-0.05, 0) is 37.6 Å². The van der Waals surface area contributed by atoms with Crippen LogP contribution in [0.25, 0.3) is 6.08 Å². The molecule has 0 atom stereocenters. The Morgan fingerprint density at radius 1 is 1.23 bits per heavy atom. The molecule has 0 unspecified atom stereocenters. The number of amides is 1. The van der Waals surface area contributed by atoms with Gasteiger partial charge in [0.05, 0.1) is 20.3 Å². The molecule has 0 saturated heterocycles. The summed E-state index contributed by atoms with van der Waals surface area (Å²) in [6.07, 6.45) is 3.02. The van der Waals surface area contributed by atoms with Gasteiger partial charge in [0.15, 0.2) is 22.3 Å². The Hall–Kier alpha value is -2.87. The van der Waals surface area contributed by atoms with E-state index >= 15 is 0 Å². The van der Waals surface area contributed by atoms with Crippen molar-refractivity contribution in [3.63, 3.8) is 0 Å². The molecular weight excluding hydrogens is 356 g/mol. The summed E-state index contributed by atoms with van der Waals surface area (Å²) in [4.78, 5) is 27.6.